The first kappa shape index (κ1) is 13.5. The summed E-state index contributed by atoms with van der Waals surface area (Å²) in [5, 5.41) is 16.0. The fourth-order valence-electron chi connectivity index (χ4n) is 1.77. The Morgan fingerprint density at radius 1 is 1.39 bits per heavy atom. The molecule has 4 nitrogen and oxygen atoms in total. The summed E-state index contributed by atoms with van der Waals surface area (Å²) in [6.45, 7) is 0.247. The van der Waals surface area contributed by atoms with E-state index in [0.29, 0.717) is 15.7 Å². The molecule has 18 heavy (non-hydrogen) atoms. The topological polar surface area (TPSA) is 61.4 Å². The van der Waals surface area contributed by atoms with Crippen molar-refractivity contribution in [2.45, 2.75) is 24.9 Å². The van der Waals surface area contributed by atoms with Gasteiger partial charge in [0.15, 0.2) is 0 Å². The Bertz CT molecular complexity index is 461. The van der Waals surface area contributed by atoms with Crippen LogP contribution in [0.2, 0.25) is 10.0 Å². The molecule has 1 aliphatic rings. The zero-order valence-electron chi connectivity index (χ0n) is 9.67. The normalized spacial score (nSPS) is 16.8. The summed E-state index contributed by atoms with van der Waals surface area (Å²) in [6.07, 6.45) is 2.45. The van der Waals surface area contributed by atoms with Gasteiger partial charge in [-0.2, -0.15) is 0 Å². The average molecular weight is 289 g/mol. The highest BCUT2D eigenvalue weighted by Crippen LogP contribution is 2.30. The highest BCUT2D eigenvalue weighted by Gasteiger charge is 2.34. The number of halogens is 2. The van der Waals surface area contributed by atoms with Crippen LogP contribution in [0.15, 0.2) is 18.2 Å². The summed E-state index contributed by atoms with van der Waals surface area (Å²) >= 11 is 11.7. The molecule has 0 spiro atoms. The van der Waals surface area contributed by atoms with Crippen molar-refractivity contribution in [2.24, 2.45) is 0 Å². The van der Waals surface area contributed by atoms with Crippen LogP contribution in [0.5, 0.6) is 0 Å². The Labute approximate surface area is 115 Å². The van der Waals surface area contributed by atoms with Crippen molar-refractivity contribution in [1.29, 1.82) is 0 Å². The Morgan fingerprint density at radius 2 is 2.11 bits per heavy atom. The van der Waals surface area contributed by atoms with E-state index in [1.54, 1.807) is 18.2 Å². The minimum Gasteiger partial charge on any atom is -0.388 e. The molecule has 0 unspecified atom stereocenters. The zero-order chi connectivity index (χ0) is 13.2. The second-order valence-electron chi connectivity index (χ2n) is 4.51. The molecule has 0 saturated heterocycles. The molecule has 1 fully saturated rings. The van der Waals surface area contributed by atoms with Crippen LogP contribution >= 0.6 is 23.2 Å². The largest absolute Gasteiger partial charge is 0.388 e. The predicted octanol–water partition coefficient (Wildman–Crippen LogP) is 3.03. The lowest BCUT2D eigenvalue weighted by Crippen LogP contribution is -2.48. The minimum atomic E-state index is -0.741. The number of aliphatic hydroxyl groups is 1. The summed E-state index contributed by atoms with van der Waals surface area (Å²) in [6, 6.07) is 4.42. The fraction of sp³-hybridized carbons (Fsp3) is 0.417. The molecule has 98 valence electrons. The maximum atomic E-state index is 11.6. The van der Waals surface area contributed by atoms with Crippen LogP contribution < -0.4 is 10.6 Å². The number of carbonyl (C=O) groups excluding carboxylic acids is 1. The van der Waals surface area contributed by atoms with E-state index in [2.05, 4.69) is 10.6 Å². The Hall–Kier alpha value is -0.970. The lowest BCUT2D eigenvalue weighted by atomic mass is 9.80. The van der Waals surface area contributed by atoms with Gasteiger partial charge < -0.3 is 15.7 Å². The van der Waals surface area contributed by atoms with Crippen LogP contribution in [-0.2, 0) is 0 Å². The highest BCUT2D eigenvalue weighted by atomic mass is 35.5. The lowest BCUT2D eigenvalue weighted by Gasteiger charge is -2.36. The van der Waals surface area contributed by atoms with E-state index in [9.17, 15) is 9.90 Å². The molecular weight excluding hydrogens is 275 g/mol. The zero-order valence-corrected chi connectivity index (χ0v) is 11.2. The van der Waals surface area contributed by atoms with E-state index >= 15 is 0 Å². The van der Waals surface area contributed by atoms with Crippen molar-refractivity contribution in [3.8, 4) is 0 Å². The molecule has 0 radical (unpaired) electrons. The molecule has 0 aliphatic heterocycles. The summed E-state index contributed by atoms with van der Waals surface area (Å²) in [5.74, 6) is 0. The number of carbonyl (C=O) groups is 1. The quantitative estimate of drug-likeness (QED) is 0.801. The van der Waals surface area contributed by atoms with Gasteiger partial charge in [-0.1, -0.05) is 23.2 Å². The van der Waals surface area contributed by atoms with Gasteiger partial charge in [-0.3, -0.25) is 0 Å². The van der Waals surface area contributed by atoms with E-state index < -0.39 is 11.6 Å². The second kappa shape index (κ2) is 5.34. The van der Waals surface area contributed by atoms with E-state index in [4.69, 9.17) is 23.2 Å². The van der Waals surface area contributed by atoms with Gasteiger partial charge in [0.25, 0.3) is 0 Å². The molecule has 0 bridgehead atoms. The number of hydrogen-bond donors (Lipinski definition) is 3. The molecule has 0 heterocycles. The van der Waals surface area contributed by atoms with Crippen molar-refractivity contribution >= 4 is 34.9 Å². The van der Waals surface area contributed by atoms with Crippen LogP contribution in [0.1, 0.15) is 19.3 Å². The van der Waals surface area contributed by atoms with Gasteiger partial charge in [0.1, 0.15) is 0 Å². The molecule has 1 saturated carbocycles. The first-order chi connectivity index (χ1) is 8.48. The Balaban J connectivity index is 1.88. The van der Waals surface area contributed by atoms with Crippen molar-refractivity contribution < 1.29 is 9.90 Å². The maximum Gasteiger partial charge on any atom is 0.319 e. The van der Waals surface area contributed by atoms with E-state index in [0.717, 1.165) is 19.3 Å². The van der Waals surface area contributed by atoms with Crippen molar-refractivity contribution in [2.75, 3.05) is 11.9 Å². The van der Waals surface area contributed by atoms with Gasteiger partial charge in [0.2, 0.25) is 0 Å². The van der Waals surface area contributed by atoms with Gasteiger partial charge in [-0.05, 0) is 37.5 Å². The highest BCUT2D eigenvalue weighted by molar-refractivity contribution is 6.35. The van der Waals surface area contributed by atoms with Crippen LogP contribution in [0.3, 0.4) is 0 Å². The number of benzene rings is 1. The number of hydrogen-bond acceptors (Lipinski definition) is 2. The Kier molecular flexibility index (Phi) is 4.00. The third-order valence-electron chi connectivity index (χ3n) is 3.04. The van der Waals surface area contributed by atoms with Gasteiger partial charge in [0.05, 0.1) is 16.3 Å². The molecule has 1 aromatic rings. The number of rotatable bonds is 3. The molecule has 1 aliphatic carbocycles. The smallest absolute Gasteiger partial charge is 0.319 e. The second-order valence-corrected chi connectivity index (χ2v) is 5.35. The number of anilines is 1. The van der Waals surface area contributed by atoms with Crippen LogP contribution in [0, 0.1) is 0 Å². The Morgan fingerprint density at radius 3 is 2.72 bits per heavy atom. The summed E-state index contributed by atoms with van der Waals surface area (Å²) in [5.41, 5.74) is -0.294. The number of amides is 2. The van der Waals surface area contributed by atoms with Crippen LogP contribution in [0.4, 0.5) is 10.5 Å². The van der Waals surface area contributed by atoms with Gasteiger partial charge >= 0.3 is 6.03 Å². The standard InChI is InChI=1S/C12H14Cl2N2O2/c13-8-2-3-9(14)10(6-8)16-11(17)15-7-12(18)4-1-5-12/h2-3,6,18H,1,4-5,7H2,(H2,15,16,17). The summed E-state index contributed by atoms with van der Waals surface area (Å²) < 4.78 is 0. The third-order valence-corrected chi connectivity index (χ3v) is 3.60. The number of nitrogens with one attached hydrogen (secondary N) is 2. The van der Waals surface area contributed by atoms with Gasteiger partial charge in [-0.15, -0.1) is 0 Å². The molecular formula is C12H14Cl2N2O2. The predicted molar refractivity (Wildman–Crippen MR) is 72.3 cm³/mol. The summed E-state index contributed by atoms with van der Waals surface area (Å²) in [4.78, 5) is 11.6. The number of urea groups is 1. The van der Waals surface area contributed by atoms with Crippen LogP contribution in [0.25, 0.3) is 0 Å². The van der Waals surface area contributed by atoms with Crippen molar-refractivity contribution in [3.63, 3.8) is 0 Å². The van der Waals surface area contributed by atoms with E-state index in [1.807, 2.05) is 0 Å². The first-order valence-corrected chi connectivity index (χ1v) is 6.46. The molecule has 2 amide bonds. The van der Waals surface area contributed by atoms with E-state index in [1.165, 1.54) is 0 Å². The van der Waals surface area contributed by atoms with Crippen molar-refractivity contribution in [3.05, 3.63) is 28.2 Å². The SMILES string of the molecule is O=C(NCC1(O)CCC1)Nc1cc(Cl)ccc1Cl. The van der Waals surface area contributed by atoms with E-state index in [-0.39, 0.29) is 6.54 Å². The third kappa shape index (κ3) is 3.28. The summed E-state index contributed by atoms with van der Waals surface area (Å²) in [7, 11) is 0. The lowest BCUT2D eigenvalue weighted by molar-refractivity contribution is -0.0287. The van der Waals surface area contributed by atoms with Crippen molar-refractivity contribution in [1.82, 2.24) is 5.32 Å². The van der Waals surface area contributed by atoms with Gasteiger partial charge in [-0.25, -0.2) is 4.79 Å². The average Bonchev–Trinajstić information content (AvgIpc) is 2.29. The van der Waals surface area contributed by atoms with Gasteiger partial charge in [0, 0.05) is 11.6 Å². The molecule has 0 aromatic heterocycles. The first-order valence-electron chi connectivity index (χ1n) is 5.71. The molecule has 0 atom stereocenters. The molecule has 3 N–H and O–H groups in total. The minimum absolute atomic E-state index is 0.247. The molecule has 6 heteroatoms. The molecule has 1 aromatic carbocycles. The maximum absolute atomic E-state index is 11.6. The molecule has 2 rings (SSSR count). The van der Waals surface area contributed by atoms with Crippen LogP contribution in [-0.4, -0.2) is 23.3 Å². The monoisotopic (exact) mass is 288 g/mol. The fourth-order valence-corrected chi connectivity index (χ4v) is 2.10.